The average Bonchev–Trinajstić information content (AvgIpc) is 2.98. The van der Waals surface area contributed by atoms with E-state index < -0.39 is 0 Å². The third kappa shape index (κ3) is 5.68. The third-order valence-corrected chi connectivity index (χ3v) is 10.2. The third-order valence-electron chi connectivity index (χ3n) is 10.2. The minimum absolute atomic E-state index is 0.0157. The number of carbonyl (C=O) groups is 1. The van der Waals surface area contributed by atoms with Gasteiger partial charge in [0.05, 0.1) is 7.11 Å². The molecule has 3 aliphatic rings. The Kier molecular flexibility index (Phi) is 9.96. The van der Waals surface area contributed by atoms with E-state index in [2.05, 4.69) is 74.7 Å². The predicted molar refractivity (Wildman–Crippen MR) is 159 cm³/mol. The van der Waals surface area contributed by atoms with Crippen molar-refractivity contribution in [2.45, 2.75) is 110 Å². The van der Waals surface area contributed by atoms with E-state index in [9.17, 15) is 4.79 Å². The lowest BCUT2D eigenvalue weighted by atomic mass is 9.59. The van der Waals surface area contributed by atoms with Crippen molar-refractivity contribution in [3.63, 3.8) is 0 Å². The molecule has 4 rings (SSSR count). The molecule has 4 atom stereocenters. The Morgan fingerprint density at radius 2 is 1.87 bits per heavy atom. The van der Waals surface area contributed by atoms with Crippen molar-refractivity contribution in [1.29, 1.82) is 0 Å². The van der Waals surface area contributed by atoms with Crippen LogP contribution in [0, 0.1) is 17.3 Å². The van der Waals surface area contributed by atoms with Crippen molar-refractivity contribution < 1.29 is 9.53 Å². The number of hydrogen-bond acceptors (Lipinski definition) is 2. The summed E-state index contributed by atoms with van der Waals surface area (Å²) in [6.45, 7) is 11.7. The van der Waals surface area contributed by atoms with Gasteiger partial charge < -0.3 is 9.64 Å². The van der Waals surface area contributed by atoms with Gasteiger partial charge in [-0.15, -0.1) is 0 Å². The number of likely N-dealkylation sites (tertiary alicyclic amines) is 1. The van der Waals surface area contributed by atoms with Gasteiger partial charge in [-0.3, -0.25) is 4.79 Å². The van der Waals surface area contributed by atoms with Crippen LogP contribution in [-0.4, -0.2) is 30.5 Å². The summed E-state index contributed by atoms with van der Waals surface area (Å²) in [4.78, 5) is 17.2. The number of methoxy groups -OCH3 is 1. The van der Waals surface area contributed by atoms with Crippen LogP contribution in [-0.2, 0) is 9.53 Å². The topological polar surface area (TPSA) is 29.5 Å². The van der Waals surface area contributed by atoms with Crippen LogP contribution in [0.4, 0.5) is 0 Å². The summed E-state index contributed by atoms with van der Waals surface area (Å²) in [6.07, 6.45) is 18.0. The molecule has 0 unspecified atom stereocenters. The normalized spacial score (nSPS) is 27.9. The van der Waals surface area contributed by atoms with E-state index in [-0.39, 0.29) is 11.3 Å². The molecule has 0 spiro atoms. The molecule has 1 heterocycles. The number of rotatable bonds is 9. The zero-order chi connectivity index (χ0) is 27.1. The lowest BCUT2D eigenvalue weighted by molar-refractivity contribution is -0.146. The van der Waals surface area contributed by atoms with Crippen LogP contribution < -0.4 is 0 Å². The fraction of sp³-hybridized carbons (Fsp3) is 0.629. The molecular weight excluding hydrogens is 466 g/mol. The number of ether oxygens (including phenoxy) is 1. The number of benzene rings is 1. The Hall–Kier alpha value is -2.29. The first kappa shape index (κ1) is 28.7. The Balaban J connectivity index is 1.70. The highest BCUT2D eigenvalue weighted by Gasteiger charge is 2.49. The molecule has 1 saturated carbocycles. The minimum atomic E-state index is -0.166. The molecule has 1 aromatic carbocycles. The largest absolute Gasteiger partial charge is 0.497 e. The predicted octanol–water partition coefficient (Wildman–Crippen LogP) is 8.98. The summed E-state index contributed by atoms with van der Waals surface area (Å²) in [5, 5.41) is 0. The van der Waals surface area contributed by atoms with Crippen molar-refractivity contribution in [2.24, 2.45) is 17.3 Å². The van der Waals surface area contributed by atoms with Crippen molar-refractivity contribution in [1.82, 2.24) is 4.90 Å². The van der Waals surface area contributed by atoms with Gasteiger partial charge in [-0.1, -0.05) is 82.2 Å². The fourth-order valence-electron chi connectivity index (χ4n) is 8.24. The zero-order valence-electron chi connectivity index (χ0n) is 24.5. The molecule has 0 aromatic heterocycles. The van der Waals surface area contributed by atoms with Gasteiger partial charge in [-0.25, -0.2) is 0 Å². The molecule has 3 nitrogen and oxygen atoms in total. The van der Waals surface area contributed by atoms with E-state index >= 15 is 0 Å². The van der Waals surface area contributed by atoms with Crippen LogP contribution in [0.5, 0.6) is 0 Å². The SMILES string of the molecule is C=C(OC)C1=C(/C=C\C)[C@](CC)([C@@H](CC)C(=O)N2CC[C@@H](c3ccccc3)C[C@H]2C2CCCCC2)CCC1. The summed E-state index contributed by atoms with van der Waals surface area (Å²) in [5.74, 6) is 2.34. The molecular formula is C35H51NO2. The van der Waals surface area contributed by atoms with Crippen molar-refractivity contribution in [3.05, 3.63) is 71.5 Å². The van der Waals surface area contributed by atoms with Crippen molar-refractivity contribution in [3.8, 4) is 0 Å². The van der Waals surface area contributed by atoms with Gasteiger partial charge in [0.2, 0.25) is 5.91 Å². The molecule has 2 fully saturated rings. The second-order valence-corrected chi connectivity index (χ2v) is 12.0. The Morgan fingerprint density at radius 1 is 1.13 bits per heavy atom. The number of allylic oxidation sites excluding steroid dienone is 4. The number of carbonyl (C=O) groups excluding carboxylic acids is 1. The lowest BCUT2D eigenvalue weighted by Gasteiger charge is -2.50. The quantitative estimate of drug-likeness (QED) is 0.306. The molecule has 0 bridgehead atoms. The maximum absolute atomic E-state index is 14.8. The molecule has 1 aliphatic heterocycles. The molecule has 1 saturated heterocycles. The monoisotopic (exact) mass is 517 g/mol. The number of piperidine rings is 1. The molecule has 1 amide bonds. The number of amides is 1. The van der Waals surface area contributed by atoms with E-state index in [1.165, 1.54) is 48.8 Å². The first-order valence-electron chi connectivity index (χ1n) is 15.5. The van der Waals surface area contributed by atoms with E-state index in [1.54, 1.807) is 7.11 Å². The standard InChI is InChI=1S/C35H51NO2/c1-6-16-32-30(26(4)38-5)21-15-23-35(32,8-3)31(7-2)34(37)36-24-22-29(27-17-11-9-12-18-27)25-33(36)28-19-13-10-14-20-28/h6,9,11-12,16-18,28-29,31,33H,4,7-8,10,13-15,19-25H2,1-3,5H3/b16-6-/t29-,31+,33+,35+/m1/s1. The van der Waals surface area contributed by atoms with Crippen molar-refractivity contribution >= 4 is 5.91 Å². The minimum Gasteiger partial charge on any atom is -0.497 e. The maximum Gasteiger partial charge on any atom is 0.226 e. The second-order valence-electron chi connectivity index (χ2n) is 12.0. The summed E-state index contributed by atoms with van der Waals surface area (Å²) >= 11 is 0. The lowest BCUT2D eigenvalue weighted by Crippen LogP contribution is -2.54. The van der Waals surface area contributed by atoms with Crippen molar-refractivity contribution in [2.75, 3.05) is 13.7 Å². The first-order chi connectivity index (χ1) is 18.5. The molecule has 3 heteroatoms. The summed E-state index contributed by atoms with van der Waals surface area (Å²) in [7, 11) is 1.72. The van der Waals surface area contributed by atoms with Crippen LogP contribution in [0.1, 0.15) is 109 Å². The highest BCUT2D eigenvalue weighted by molar-refractivity contribution is 5.81. The summed E-state index contributed by atoms with van der Waals surface area (Å²) in [5.41, 5.74) is 3.80. The number of hydrogen-bond donors (Lipinski definition) is 0. The number of nitrogens with zero attached hydrogens (tertiary/aromatic N) is 1. The van der Waals surface area contributed by atoms with Gasteiger partial charge in [-0.2, -0.15) is 0 Å². The van der Waals surface area contributed by atoms with Crippen LogP contribution >= 0.6 is 0 Å². The van der Waals surface area contributed by atoms with Gasteiger partial charge in [0.1, 0.15) is 5.76 Å². The van der Waals surface area contributed by atoms with Gasteiger partial charge in [0, 0.05) is 23.9 Å². The maximum atomic E-state index is 14.8. The molecule has 0 N–H and O–H groups in total. The van der Waals surface area contributed by atoms with E-state index in [4.69, 9.17) is 4.74 Å². The molecule has 1 aromatic rings. The second kappa shape index (κ2) is 13.2. The van der Waals surface area contributed by atoms with Gasteiger partial charge >= 0.3 is 0 Å². The molecule has 208 valence electrons. The Labute approximate surface area is 232 Å². The van der Waals surface area contributed by atoms with Gasteiger partial charge in [0.15, 0.2) is 0 Å². The van der Waals surface area contributed by atoms with Gasteiger partial charge in [-0.05, 0) is 93.3 Å². The van der Waals surface area contributed by atoms with Crippen LogP contribution in [0.3, 0.4) is 0 Å². The average molecular weight is 518 g/mol. The summed E-state index contributed by atoms with van der Waals surface area (Å²) in [6, 6.07) is 11.4. The molecule has 0 radical (unpaired) electrons. The van der Waals surface area contributed by atoms with Crippen LogP contribution in [0.2, 0.25) is 0 Å². The van der Waals surface area contributed by atoms with E-state index in [0.29, 0.717) is 23.8 Å². The first-order valence-corrected chi connectivity index (χ1v) is 15.5. The smallest absolute Gasteiger partial charge is 0.226 e. The highest BCUT2D eigenvalue weighted by Crippen LogP contribution is 2.53. The van der Waals surface area contributed by atoms with Gasteiger partial charge in [0.25, 0.3) is 0 Å². The fourth-order valence-corrected chi connectivity index (χ4v) is 8.24. The zero-order valence-corrected chi connectivity index (χ0v) is 24.5. The molecule has 2 aliphatic carbocycles. The Bertz CT molecular complexity index is 1000. The van der Waals surface area contributed by atoms with Crippen LogP contribution in [0.15, 0.2) is 66.0 Å². The summed E-state index contributed by atoms with van der Waals surface area (Å²) < 4.78 is 5.66. The Morgan fingerprint density at radius 3 is 2.50 bits per heavy atom. The van der Waals surface area contributed by atoms with E-state index in [0.717, 1.165) is 57.2 Å². The molecule has 38 heavy (non-hydrogen) atoms. The van der Waals surface area contributed by atoms with Crippen LogP contribution in [0.25, 0.3) is 0 Å². The highest BCUT2D eigenvalue weighted by atomic mass is 16.5. The van der Waals surface area contributed by atoms with E-state index in [1.807, 2.05) is 0 Å².